The fraction of sp³-hybridized carbons (Fsp3) is 0.190. The van der Waals surface area contributed by atoms with Gasteiger partial charge >= 0.3 is 0 Å². The first-order valence-electron chi connectivity index (χ1n) is 9.46. The number of amides is 1. The number of ether oxygens (including phenoxy) is 1. The second-order valence-corrected chi connectivity index (χ2v) is 8.57. The van der Waals surface area contributed by atoms with Crippen LogP contribution in [0.2, 0.25) is 0 Å². The van der Waals surface area contributed by atoms with Crippen LogP contribution < -0.4 is 10.1 Å². The first-order chi connectivity index (χ1) is 15.1. The quantitative estimate of drug-likeness (QED) is 0.405. The van der Waals surface area contributed by atoms with Crippen LogP contribution in [0.1, 0.15) is 16.3 Å². The monoisotopic (exact) mass is 452 g/mol. The molecule has 2 heterocycles. The highest BCUT2D eigenvalue weighted by molar-refractivity contribution is 7.98. The fourth-order valence-corrected chi connectivity index (χ4v) is 4.45. The van der Waals surface area contributed by atoms with Gasteiger partial charge in [0.2, 0.25) is 11.1 Å². The predicted octanol–water partition coefficient (Wildman–Crippen LogP) is 3.91. The number of benzene rings is 2. The molecule has 0 spiro atoms. The third-order valence-corrected chi connectivity index (χ3v) is 6.20. The van der Waals surface area contributed by atoms with Crippen LogP contribution in [-0.2, 0) is 17.0 Å². The van der Waals surface area contributed by atoms with Gasteiger partial charge < -0.3 is 10.1 Å². The molecular weight excluding hydrogens is 432 g/mol. The van der Waals surface area contributed by atoms with Gasteiger partial charge in [-0.05, 0) is 53.7 Å². The summed E-state index contributed by atoms with van der Waals surface area (Å²) in [4.78, 5) is 16.9. The van der Waals surface area contributed by atoms with Crippen LogP contribution >= 0.6 is 23.1 Å². The first-order valence-corrected chi connectivity index (χ1v) is 11.3. The predicted molar refractivity (Wildman–Crippen MR) is 121 cm³/mol. The lowest BCUT2D eigenvalue weighted by Gasteiger charge is -2.05. The zero-order chi connectivity index (χ0) is 21.6. The number of rotatable bonds is 8. The topological polar surface area (TPSA) is 94.8 Å². The Morgan fingerprint density at radius 3 is 2.68 bits per heavy atom. The Hall–Kier alpha value is -3.24. The van der Waals surface area contributed by atoms with Gasteiger partial charge in [0.15, 0.2) is 0 Å². The molecule has 31 heavy (non-hydrogen) atoms. The summed E-state index contributed by atoms with van der Waals surface area (Å²) in [7, 11) is 1.63. The number of nitrogens with one attached hydrogen (secondary N) is 1. The molecule has 4 rings (SSSR count). The first kappa shape index (κ1) is 21.0. The van der Waals surface area contributed by atoms with Crippen molar-refractivity contribution in [2.45, 2.75) is 24.3 Å². The number of aromatic nitrogens is 5. The fourth-order valence-electron chi connectivity index (χ4n) is 2.77. The molecule has 0 fully saturated rings. The molecule has 0 aliphatic carbocycles. The molecule has 1 amide bonds. The molecule has 0 aliphatic heterocycles. The van der Waals surface area contributed by atoms with Crippen molar-refractivity contribution >= 4 is 34.7 Å². The van der Waals surface area contributed by atoms with Crippen LogP contribution in [0.5, 0.6) is 5.75 Å². The average molecular weight is 453 g/mol. The highest BCUT2D eigenvalue weighted by Crippen LogP contribution is 2.24. The lowest BCUT2D eigenvalue weighted by atomic mass is 10.2. The molecule has 10 heteroatoms. The summed E-state index contributed by atoms with van der Waals surface area (Å²) in [6, 6.07) is 15.2. The van der Waals surface area contributed by atoms with Crippen molar-refractivity contribution in [2.75, 3.05) is 12.4 Å². The Bertz CT molecular complexity index is 1160. The molecule has 0 bridgehead atoms. The van der Waals surface area contributed by atoms with E-state index in [1.54, 1.807) is 11.8 Å². The number of anilines is 1. The van der Waals surface area contributed by atoms with E-state index in [1.165, 1.54) is 23.1 Å². The smallest absolute Gasteiger partial charge is 0.231 e. The number of thiazole rings is 1. The van der Waals surface area contributed by atoms with E-state index in [0.717, 1.165) is 33.4 Å². The van der Waals surface area contributed by atoms with Gasteiger partial charge in [0.1, 0.15) is 10.8 Å². The third kappa shape index (κ3) is 5.47. The molecular formula is C21H20N6O2S2. The third-order valence-electron chi connectivity index (χ3n) is 4.35. The minimum atomic E-state index is -0.0825. The van der Waals surface area contributed by atoms with Gasteiger partial charge in [-0.1, -0.05) is 29.5 Å². The average Bonchev–Trinajstić information content (AvgIpc) is 3.43. The minimum Gasteiger partial charge on any atom is -0.497 e. The van der Waals surface area contributed by atoms with Crippen molar-refractivity contribution < 1.29 is 9.53 Å². The minimum absolute atomic E-state index is 0.0825. The molecule has 0 saturated heterocycles. The van der Waals surface area contributed by atoms with Crippen LogP contribution in [0.3, 0.4) is 0 Å². The van der Waals surface area contributed by atoms with Crippen LogP contribution in [0.4, 0.5) is 5.69 Å². The van der Waals surface area contributed by atoms with E-state index < -0.39 is 0 Å². The van der Waals surface area contributed by atoms with Gasteiger partial charge in [-0.2, -0.15) is 4.68 Å². The zero-order valence-corrected chi connectivity index (χ0v) is 18.6. The summed E-state index contributed by atoms with van der Waals surface area (Å²) in [6.07, 6.45) is 0.243. The van der Waals surface area contributed by atoms with Gasteiger partial charge in [-0.3, -0.25) is 4.79 Å². The zero-order valence-electron chi connectivity index (χ0n) is 17.0. The second kappa shape index (κ2) is 9.71. The largest absolute Gasteiger partial charge is 0.497 e. The summed E-state index contributed by atoms with van der Waals surface area (Å²) >= 11 is 2.96. The van der Waals surface area contributed by atoms with E-state index >= 15 is 0 Å². The summed E-state index contributed by atoms with van der Waals surface area (Å²) in [5.41, 5.74) is 3.67. The number of tetrazole rings is 1. The van der Waals surface area contributed by atoms with Gasteiger partial charge in [0, 0.05) is 16.8 Å². The van der Waals surface area contributed by atoms with E-state index in [4.69, 9.17) is 4.74 Å². The molecule has 0 unspecified atom stereocenters. The van der Waals surface area contributed by atoms with Crippen LogP contribution in [0, 0.1) is 6.92 Å². The number of aryl methyl sites for hydroxylation is 1. The maximum absolute atomic E-state index is 12.3. The molecule has 0 aliphatic rings. The molecule has 0 radical (unpaired) electrons. The maximum atomic E-state index is 12.3. The molecule has 158 valence electrons. The number of carbonyl (C=O) groups excluding carboxylic acids is 1. The molecule has 4 aromatic rings. The van der Waals surface area contributed by atoms with Crippen LogP contribution in [0.15, 0.2) is 59.1 Å². The number of thioether (sulfide) groups is 1. The Labute approximate surface area is 187 Å². The van der Waals surface area contributed by atoms with E-state index in [9.17, 15) is 4.79 Å². The van der Waals surface area contributed by atoms with E-state index in [0.29, 0.717) is 10.9 Å². The maximum Gasteiger partial charge on any atom is 0.231 e. The lowest BCUT2D eigenvalue weighted by molar-refractivity contribution is -0.115. The highest BCUT2D eigenvalue weighted by Gasteiger charge is 2.12. The molecule has 1 N–H and O–H groups in total. The second-order valence-electron chi connectivity index (χ2n) is 6.68. The standard InChI is InChI=1S/C21H20N6O2S2/c1-14-3-5-15(6-4-14)22-19(28)11-20-23-16(12-30-20)13-31-21-24-25-26-27(21)17-7-9-18(29-2)10-8-17/h3-10,12H,11,13H2,1-2H3,(H,22,28). The van der Waals surface area contributed by atoms with Gasteiger partial charge in [0.25, 0.3) is 0 Å². The molecule has 2 aromatic carbocycles. The van der Waals surface area contributed by atoms with Gasteiger partial charge in [0.05, 0.1) is 24.9 Å². The SMILES string of the molecule is COc1ccc(-n2nnnc2SCc2csc(CC(=O)Nc3ccc(C)cc3)n2)cc1. The van der Waals surface area contributed by atoms with Crippen molar-refractivity contribution in [1.29, 1.82) is 0 Å². The number of hydrogen-bond donors (Lipinski definition) is 1. The van der Waals surface area contributed by atoms with Crippen molar-refractivity contribution in [3.63, 3.8) is 0 Å². The van der Waals surface area contributed by atoms with E-state index in [2.05, 4.69) is 25.8 Å². The Morgan fingerprint density at radius 2 is 1.94 bits per heavy atom. The molecule has 2 aromatic heterocycles. The van der Waals surface area contributed by atoms with Crippen LogP contribution in [0.25, 0.3) is 5.69 Å². The van der Waals surface area contributed by atoms with Crippen molar-refractivity contribution in [1.82, 2.24) is 25.2 Å². The van der Waals surface area contributed by atoms with Gasteiger partial charge in [-0.25, -0.2) is 4.98 Å². The Morgan fingerprint density at radius 1 is 1.16 bits per heavy atom. The van der Waals surface area contributed by atoms with Gasteiger partial charge in [-0.15, -0.1) is 16.4 Å². The van der Waals surface area contributed by atoms with Crippen molar-refractivity contribution in [3.8, 4) is 11.4 Å². The Kier molecular flexibility index (Phi) is 6.58. The summed E-state index contributed by atoms with van der Waals surface area (Å²) in [5, 5.41) is 18.3. The van der Waals surface area contributed by atoms with E-state index in [-0.39, 0.29) is 12.3 Å². The molecule has 0 saturated carbocycles. The van der Waals surface area contributed by atoms with E-state index in [1.807, 2.05) is 60.8 Å². The summed E-state index contributed by atoms with van der Waals surface area (Å²) in [5.74, 6) is 1.29. The van der Waals surface area contributed by atoms with Crippen LogP contribution in [-0.4, -0.2) is 38.2 Å². The number of methoxy groups -OCH3 is 1. The Balaban J connectivity index is 1.34. The number of hydrogen-bond acceptors (Lipinski definition) is 8. The molecule has 0 atom stereocenters. The van der Waals surface area contributed by atoms with Crippen molar-refractivity contribution in [2.24, 2.45) is 0 Å². The molecule has 8 nitrogen and oxygen atoms in total. The normalized spacial score (nSPS) is 10.8. The lowest BCUT2D eigenvalue weighted by Crippen LogP contribution is -2.14. The highest BCUT2D eigenvalue weighted by atomic mass is 32.2. The van der Waals surface area contributed by atoms with Crippen molar-refractivity contribution in [3.05, 3.63) is 70.2 Å². The summed E-state index contributed by atoms with van der Waals surface area (Å²) < 4.78 is 6.86. The summed E-state index contributed by atoms with van der Waals surface area (Å²) in [6.45, 7) is 2.01. The number of nitrogens with zero attached hydrogens (tertiary/aromatic N) is 5. The number of carbonyl (C=O) groups is 1.